The highest BCUT2D eigenvalue weighted by molar-refractivity contribution is 7.99. The van der Waals surface area contributed by atoms with Crippen molar-refractivity contribution < 1.29 is 14.3 Å². The van der Waals surface area contributed by atoms with Crippen LogP contribution in [-0.2, 0) is 6.54 Å². The highest BCUT2D eigenvalue weighted by Gasteiger charge is 2.16. The van der Waals surface area contributed by atoms with Crippen LogP contribution < -0.4 is 15.0 Å². The van der Waals surface area contributed by atoms with Gasteiger partial charge in [0.1, 0.15) is 0 Å². The molecule has 0 fully saturated rings. The van der Waals surface area contributed by atoms with E-state index in [1.54, 1.807) is 48.1 Å². The Kier molecular flexibility index (Phi) is 7.05. The van der Waals surface area contributed by atoms with Crippen molar-refractivity contribution in [3.63, 3.8) is 0 Å². The van der Waals surface area contributed by atoms with Gasteiger partial charge in [0.2, 0.25) is 0 Å². The number of aromatic nitrogens is 2. The molecule has 8 heteroatoms. The Labute approximate surface area is 184 Å². The van der Waals surface area contributed by atoms with E-state index >= 15 is 0 Å². The van der Waals surface area contributed by atoms with Crippen LogP contribution >= 0.6 is 23.4 Å². The third kappa shape index (κ3) is 4.79. The normalized spacial score (nSPS) is 11.1. The molecule has 0 radical (unpaired) electrons. The zero-order valence-electron chi connectivity index (χ0n) is 17.3. The Morgan fingerprint density at radius 3 is 2.53 bits per heavy atom. The molecule has 0 unspecified atom stereocenters. The van der Waals surface area contributed by atoms with Crippen LogP contribution in [0.5, 0.6) is 11.5 Å². The molecule has 0 saturated heterocycles. The molecular formula is C22H23ClN2O4S. The molecule has 0 bridgehead atoms. The lowest BCUT2D eigenvalue weighted by Gasteiger charge is -2.15. The maximum atomic E-state index is 13.0. The molecule has 6 nitrogen and oxygen atoms in total. The third-order valence-corrected chi connectivity index (χ3v) is 5.68. The fourth-order valence-electron chi connectivity index (χ4n) is 3.03. The SMILES string of the molecule is COc1ccc(C(=O)CSc2nc3ccc(Cl)cc3c(=O)n2CC(C)C)cc1OC. The number of benzene rings is 2. The lowest BCUT2D eigenvalue weighted by molar-refractivity contribution is 0.102. The Hall–Kier alpha value is -2.51. The number of ketones is 1. The van der Waals surface area contributed by atoms with Crippen LogP contribution in [0.3, 0.4) is 0 Å². The third-order valence-electron chi connectivity index (χ3n) is 4.47. The summed E-state index contributed by atoms with van der Waals surface area (Å²) in [5.74, 6) is 1.33. The van der Waals surface area contributed by atoms with Gasteiger partial charge in [-0.05, 0) is 42.3 Å². The van der Waals surface area contributed by atoms with Crippen molar-refractivity contribution in [3.8, 4) is 11.5 Å². The number of hydrogen-bond acceptors (Lipinski definition) is 6. The number of rotatable bonds is 8. The van der Waals surface area contributed by atoms with Crippen molar-refractivity contribution in [1.29, 1.82) is 0 Å². The highest BCUT2D eigenvalue weighted by atomic mass is 35.5. The summed E-state index contributed by atoms with van der Waals surface area (Å²) in [7, 11) is 3.07. The number of nitrogens with zero attached hydrogens (tertiary/aromatic N) is 2. The zero-order chi connectivity index (χ0) is 21.8. The predicted molar refractivity (Wildman–Crippen MR) is 120 cm³/mol. The predicted octanol–water partition coefficient (Wildman–Crippen LogP) is 4.70. The summed E-state index contributed by atoms with van der Waals surface area (Å²) in [4.78, 5) is 30.4. The number of carbonyl (C=O) groups excluding carboxylic acids is 1. The van der Waals surface area contributed by atoms with Gasteiger partial charge < -0.3 is 9.47 Å². The summed E-state index contributed by atoms with van der Waals surface area (Å²) in [6.45, 7) is 4.55. The van der Waals surface area contributed by atoms with Gasteiger partial charge in [-0.25, -0.2) is 4.98 Å². The van der Waals surface area contributed by atoms with Crippen LogP contribution in [0.15, 0.2) is 46.3 Å². The summed E-state index contributed by atoms with van der Waals surface area (Å²) in [6, 6.07) is 10.1. The molecule has 2 aromatic carbocycles. The fourth-order valence-corrected chi connectivity index (χ4v) is 4.11. The average molecular weight is 447 g/mol. The van der Waals surface area contributed by atoms with Gasteiger partial charge in [0, 0.05) is 17.1 Å². The molecule has 3 aromatic rings. The molecular weight excluding hydrogens is 424 g/mol. The van der Waals surface area contributed by atoms with Gasteiger partial charge in [-0.3, -0.25) is 14.2 Å². The fraction of sp³-hybridized carbons (Fsp3) is 0.318. The second-order valence-corrected chi connectivity index (χ2v) is 8.53. The van der Waals surface area contributed by atoms with E-state index in [0.29, 0.717) is 44.7 Å². The monoisotopic (exact) mass is 446 g/mol. The summed E-state index contributed by atoms with van der Waals surface area (Å²) >= 11 is 7.31. The van der Waals surface area contributed by atoms with E-state index in [4.69, 9.17) is 21.1 Å². The van der Waals surface area contributed by atoms with Crippen LogP contribution in [-0.4, -0.2) is 35.3 Å². The largest absolute Gasteiger partial charge is 0.493 e. The highest BCUT2D eigenvalue weighted by Crippen LogP contribution is 2.29. The molecule has 0 aliphatic heterocycles. The Morgan fingerprint density at radius 1 is 1.13 bits per heavy atom. The number of fused-ring (bicyclic) bond motifs is 1. The first-order valence-electron chi connectivity index (χ1n) is 9.42. The van der Waals surface area contributed by atoms with Crippen LogP contribution in [0.4, 0.5) is 0 Å². The number of Topliss-reactive ketones (excluding diaryl/α,β-unsaturated/α-hetero) is 1. The molecule has 158 valence electrons. The maximum absolute atomic E-state index is 13.0. The van der Waals surface area contributed by atoms with E-state index in [9.17, 15) is 9.59 Å². The molecule has 1 aromatic heterocycles. The van der Waals surface area contributed by atoms with Crippen molar-refractivity contribution in [2.45, 2.75) is 25.5 Å². The molecule has 0 saturated carbocycles. The maximum Gasteiger partial charge on any atom is 0.262 e. The molecule has 0 aliphatic carbocycles. The van der Waals surface area contributed by atoms with E-state index in [1.807, 2.05) is 13.8 Å². The molecule has 0 N–H and O–H groups in total. The minimum Gasteiger partial charge on any atom is -0.493 e. The van der Waals surface area contributed by atoms with E-state index in [0.717, 1.165) is 0 Å². The van der Waals surface area contributed by atoms with Gasteiger partial charge in [0.05, 0.1) is 30.9 Å². The van der Waals surface area contributed by atoms with Crippen LogP contribution in [0, 0.1) is 5.92 Å². The molecule has 30 heavy (non-hydrogen) atoms. The number of halogens is 1. The molecule has 0 amide bonds. The molecule has 0 aliphatic rings. The Balaban J connectivity index is 1.92. The van der Waals surface area contributed by atoms with E-state index in [1.165, 1.54) is 18.9 Å². The van der Waals surface area contributed by atoms with Crippen molar-refractivity contribution in [2.75, 3.05) is 20.0 Å². The number of thioether (sulfide) groups is 1. The topological polar surface area (TPSA) is 70.4 Å². The van der Waals surface area contributed by atoms with E-state index in [2.05, 4.69) is 4.98 Å². The van der Waals surface area contributed by atoms with Gasteiger partial charge in [-0.15, -0.1) is 0 Å². The van der Waals surface area contributed by atoms with Gasteiger partial charge in [-0.1, -0.05) is 37.2 Å². The standard InChI is InChI=1S/C22H23ClN2O4S/c1-13(2)11-25-21(27)16-10-15(23)6-7-17(16)24-22(25)30-12-18(26)14-5-8-19(28-3)20(9-14)29-4/h5-10,13H,11-12H2,1-4H3. The molecule has 0 atom stereocenters. The van der Waals surface area contributed by atoms with E-state index < -0.39 is 0 Å². The van der Waals surface area contributed by atoms with Gasteiger partial charge in [-0.2, -0.15) is 0 Å². The molecule has 0 spiro atoms. The average Bonchev–Trinajstić information content (AvgIpc) is 2.73. The first kappa shape index (κ1) is 22.2. The van der Waals surface area contributed by atoms with Gasteiger partial charge in [0.15, 0.2) is 22.4 Å². The summed E-state index contributed by atoms with van der Waals surface area (Å²) in [6.07, 6.45) is 0. The van der Waals surface area contributed by atoms with E-state index in [-0.39, 0.29) is 23.0 Å². The second-order valence-electron chi connectivity index (χ2n) is 7.15. The summed E-state index contributed by atoms with van der Waals surface area (Å²) in [5, 5.41) is 1.47. The lowest BCUT2D eigenvalue weighted by Crippen LogP contribution is -2.25. The van der Waals surface area contributed by atoms with Crippen molar-refractivity contribution in [3.05, 3.63) is 57.3 Å². The van der Waals surface area contributed by atoms with Crippen LogP contribution in [0.2, 0.25) is 5.02 Å². The number of methoxy groups -OCH3 is 2. The van der Waals surface area contributed by atoms with Crippen molar-refractivity contribution in [1.82, 2.24) is 9.55 Å². The van der Waals surface area contributed by atoms with Crippen LogP contribution in [0.1, 0.15) is 24.2 Å². The number of carbonyl (C=O) groups is 1. The molecule has 1 heterocycles. The second kappa shape index (κ2) is 9.53. The molecule has 3 rings (SSSR count). The van der Waals surface area contributed by atoms with Gasteiger partial charge in [0.25, 0.3) is 5.56 Å². The summed E-state index contributed by atoms with van der Waals surface area (Å²) < 4.78 is 12.1. The number of hydrogen-bond donors (Lipinski definition) is 0. The first-order chi connectivity index (χ1) is 14.3. The summed E-state index contributed by atoms with van der Waals surface area (Å²) in [5.41, 5.74) is 0.910. The van der Waals surface area contributed by atoms with Gasteiger partial charge >= 0.3 is 0 Å². The lowest BCUT2D eigenvalue weighted by atomic mass is 10.1. The van der Waals surface area contributed by atoms with Crippen molar-refractivity contribution in [2.24, 2.45) is 5.92 Å². The first-order valence-corrected chi connectivity index (χ1v) is 10.8. The Bertz CT molecular complexity index is 1140. The Morgan fingerprint density at radius 2 is 1.87 bits per heavy atom. The number of ether oxygens (including phenoxy) is 2. The van der Waals surface area contributed by atoms with Crippen molar-refractivity contribution >= 4 is 40.0 Å². The van der Waals surface area contributed by atoms with Crippen LogP contribution in [0.25, 0.3) is 10.9 Å². The quantitative estimate of drug-likeness (QED) is 0.284. The smallest absolute Gasteiger partial charge is 0.262 e. The zero-order valence-corrected chi connectivity index (χ0v) is 18.8. The minimum absolute atomic E-state index is 0.0949. The minimum atomic E-state index is -0.155.